The second kappa shape index (κ2) is 6.89. The van der Waals surface area contributed by atoms with Crippen molar-refractivity contribution in [1.29, 1.82) is 0 Å². The highest BCUT2D eigenvalue weighted by molar-refractivity contribution is 5.83. The molecule has 0 radical (unpaired) electrons. The van der Waals surface area contributed by atoms with Crippen LogP contribution in [-0.2, 0) is 4.79 Å². The Morgan fingerprint density at radius 1 is 1.37 bits per heavy atom. The summed E-state index contributed by atoms with van der Waals surface area (Å²) >= 11 is 0. The predicted molar refractivity (Wildman–Crippen MR) is 75.5 cm³/mol. The van der Waals surface area contributed by atoms with E-state index in [0.717, 1.165) is 5.69 Å². The van der Waals surface area contributed by atoms with Gasteiger partial charge >= 0.3 is 0 Å². The van der Waals surface area contributed by atoms with Gasteiger partial charge in [-0.05, 0) is 19.8 Å². The number of nitrogens with zero attached hydrogens (tertiary/aromatic N) is 2. The van der Waals surface area contributed by atoms with Crippen molar-refractivity contribution in [1.82, 2.24) is 15.3 Å². The quantitative estimate of drug-likeness (QED) is 0.445. The van der Waals surface area contributed by atoms with Crippen LogP contribution in [0.4, 0.5) is 11.8 Å². The van der Waals surface area contributed by atoms with Crippen molar-refractivity contribution in [2.45, 2.75) is 33.7 Å². The van der Waals surface area contributed by atoms with Gasteiger partial charge in [-0.3, -0.25) is 10.2 Å². The summed E-state index contributed by atoms with van der Waals surface area (Å²) in [5.41, 5.74) is 3.15. The van der Waals surface area contributed by atoms with Gasteiger partial charge in [-0.2, -0.15) is 4.98 Å². The Hall–Kier alpha value is -1.89. The second-order valence-corrected chi connectivity index (χ2v) is 4.87. The summed E-state index contributed by atoms with van der Waals surface area (Å²) in [7, 11) is 0. The highest BCUT2D eigenvalue weighted by atomic mass is 16.2. The van der Waals surface area contributed by atoms with Crippen LogP contribution in [0.5, 0.6) is 0 Å². The number of amides is 1. The number of nitrogens with two attached hydrogens (primary N) is 1. The molecule has 106 valence electrons. The fourth-order valence-electron chi connectivity index (χ4n) is 1.45. The molecule has 1 amide bonds. The topological polar surface area (TPSA) is 105 Å². The summed E-state index contributed by atoms with van der Waals surface area (Å²) in [6.45, 7) is 8.36. The van der Waals surface area contributed by atoms with Gasteiger partial charge in [0.1, 0.15) is 11.9 Å². The molecular weight excluding hydrogens is 244 g/mol. The number of hydrogen-bond donors (Lipinski definition) is 4. The van der Waals surface area contributed by atoms with Crippen molar-refractivity contribution in [2.75, 3.05) is 17.3 Å². The number of aromatic nitrogens is 2. The number of carbonyl (C=O) groups excluding carboxylic acids is 1. The lowest BCUT2D eigenvalue weighted by molar-refractivity contribution is -0.121. The Morgan fingerprint density at radius 2 is 2.05 bits per heavy atom. The smallest absolute Gasteiger partial charge is 0.242 e. The molecule has 0 spiro atoms. The highest BCUT2D eigenvalue weighted by Crippen LogP contribution is 2.09. The third-order valence-corrected chi connectivity index (χ3v) is 2.43. The molecular formula is C12H22N6O. The number of anilines is 2. The number of hydrogen-bond acceptors (Lipinski definition) is 6. The van der Waals surface area contributed by atoms with Crippen molar-refractivity contribution in [2.24, 2.45) is 11.8 Å². The van der Waals surface area contributed by atoms with Gasteiger partial charge in [-0.1, -0.05) is 13.8 Å². The van der Waals surface area contributed by atoms with E-state index in [9.17, 15) is 4.79 Å². The molecule has 0 aliphatic heterocycles. The Morgan fingerprint density at radius 3 is 2.63 bits per heavy atom. The third-order valence-electron chi connectivity index (χ3n) is 2.43. The highest BCUT2D eigenvalue weighted by Gasteiger charge is 2.13. The molecule has 0 fully saturated rings. The maximum absolute atomic E-state index is 11.8. The maximum atomic E-state index is 11.8. The van der Waals surface area contributed by atoms with E-state index < -0.39 is 0 Å². The van der Waals surface area contributed by atoms with Crippen LogP contribution in [-0.4, -0.2) is 28.5 Å². The van der Waals surface area contributed by atoms with E-state index >= 15 is 0 Å². The lowest BCUT2D eigenvalue weighted by Gasteiger charge is -2.16. The zero-order valence-corrected chi connectivity index (χ0v) is 11.8. The van der Waals surface area contributed by atoms with Gasteiger partial charge in [-0.25, -0.2) is 10.8 Å². The fraction of sp³-hybridized carbons (Fsp3) is 0.583. The maximum Gasteiger partial charge on any atom is 0.242 e. The first kappa shape index (κ1) is 15.2. The van der Waals surface area contributed by atoms with Crippen LogP contribution in [0.25, 0.3) is 0 Å². The molecule has 1 aromatic heterocycles. The Kier molecular flexibility index (Phi) is 5.50. The first-order valence-corrected chi connectivity index (χ1v) is 6.29. The minimum absolute atomic E-state index is 0.0628. The lowest BCUT2D eigenvalue weighted by atomic mass is 10.2. The molecule has 0 aliphatic carbocycles. The van der Waals surface area contributed by atoms with E-state index in [2.05, 4.69) is 26.0 Å². The average Bonchev–Trinajstić information content (AvgIpc) is 2.34. The van der Waals surface area contributed by atoms with Crippen molar-refractivity contribution < 1.29 is 4.79 Å². The molecule has 0 saturated carbocycles. The van der Waals surface area contributed by atoms with Crippen LogP contribution in [0.2, 0.25) is 0 Å². The summed E-state index contributed by atoms with van der Waals surface area (Å²) in [4.78, 5) is 20.0. The van der Waals surface area contributed by atoms with E-state index in [4.69, 9.17) is 5.84 Å². The summed E-state index contributed by atoms with van der Waals surface area (Å²) < 4.78 is 0. The zero-order chi connectivity index (χ0) is 14.4. The van der Waals surface area contributed by atoms with Crippen molar-refractivity contribution in [3.63, 3.8) is 0 Å². The second-order valence-electron chi connectivity index (χ2n) is 4.87. The SMILES string of the molecule is Cc1cc(NC(C)C(=O)NCC(C)C)nc(NN)n1. The number of aryl methyl sites for hydroxylation is 1. The molecule has 0 aliphatic rings. The van der Waals surface area contributed by atoms with Crippen LogP contribution in [0, 0.1) is 12.8 Å². The standard InChI is InChI=1S/C12H22N6O/c1-7(2)6-14-11(19)9(4)16-10-5-8(3)15-12(17-10)18-13/h5,7,9H,6,13H2,1-4H3,(H,14,19)(H2,15,16,17,18). The largest absolute Gasteiger partial charge is 0.358 e. The molecule has 1 atom stereocenters. The molecule has 0 aromatic carbocycles. The van der Waals surface area contributed by atoms with Crippen LogP contribution in [0.1, 0.15) is 26.5 Å². The molecule has 7 heteroatoms. The Bertz CT molecular complexity index is 434. The monoisotopic (exact) mass is 266 g/mol. The molecule has 7 nitrogen and oxygen atoms in total. The van der Waals surface area contributed by atoms with Gasteiger partial charge in [0.25, 0.3) is 0 Å². The van der Waals surface area contributed by atoms with Gasteiger partial charge in [0, 0.05) is 18.3 Å². The molecule has 1 rings (SSSR count). The number of rotatable bonds is 6. The van der Waals surface area contributed by atoms with Gasteiger partial charge < -0.3 is 10.6 Å². The van der Waals surface area contributed by atoms with E-state index in [-0.39, 0.29) is 11.9 Å². The molecule has 5 N–H and O–H groups in total. The lowest BCUT2D eigenvalue weighted by Crippen LogP contribution is -2.39. The molecule has 19 heavy (non-hydrogen) atoms. The molecule has 0 saturated heterocycles. The minimum atomic E-state index is -0.376. The fourth-order valence-corrected chi connectivity index (χ4v) is 1.45. The summed E-state index contributed by atoms with van der Waals surface area (Å²) in [5.74, 6) is 6.52. The third kappa shape index (κ3) is 5.09. The van der Waals surface area contributed by atoms with Crippen LogP contribution < -0.4 is 21.9 Å². The van der Waals surface area contributed by atoms with E-state index in [1.807, 2.05) is 20.8 Å². The van der Waals surface area contributed by atoms with Gasteiger partial charge in [0.2, 0.25) is 11.9 Å². The normalized spacial score (nSPS) is 12.1. The van der Waals surface area contributed by atoms with Gasteiger partial charge in [0.05, 0.1) is 0 Å². The van der Waals surface area contributed by atoms with Gasteiger partial charge in [0.15, 0.2) is 0 Å². The Labute approximate surface area is 113 Å². The number of hydrazine groups is 1. The Balaban J connectivity index is 2.63. The molecule has 1 aromatic rings. The van der Waals surface area contributed by atoms with Crippen LogP contribution in [0.15, 0.2) is 6.07 Å². The molecule has 1 heterocycles. The van der Waals surface area contributed by atoms with E-state index in [1.54, 1.807) is 13.0 Å². The van der Waals surface area contributed by atoms with Crippen molar-refractivity contribution in [3.05, 3.63) is 11.8 Å². The molecule has 0 bridgehead atoms. The van der Waals surface area contributed by atoms with Crippen molar-refractivity contribution in [3.8, 4) is 0 Å². The summed E-state index contributed by atoms with van der Waals surface area (Å²) in [6.07, 6.45) is 0. The number of carbonyl (C=O) groups is 1. The average molecular weight is 266 g/mol. The first-order valence-electron chi connectivity index (χ1n) is 6.29. The van der Waals surface area contributed by atoms with E-state index in [1.165, 1.54) is 0 Å². The number of nitrogens with one attached hydrogen (secondary N) is 3. The predicted octanol–water partition coefficient (Wildman–Crippen LogP) is 0.643. The van der Waals surface area contributed by atoms with Gasteiger partial charge in [-0.15, -0.1) is 0 Å². The van der Waals surface area contributed by atoms with Crippen molar-refractivity contribution >= 4 is 17.7 Å². The number of nitrogen functional groups attached to an aromatic ring is 1. The summed E-state index contributed by atoms with van der Waals surface area (Å²) in [5, 5.41) is 5.88. The summed E-state index contributed by atoms with van der Waals surface area (Å²) in [6, 6.07) is 1.38. The van der Waals surface area contributed by atoms with E-state index in [0.29, 0.717) is 24.2 Å². The minimum Gasteiger partial charge on any atom is -0.358 e. The first-order chi connectivity index (χ1) is 8.92. The molecule has 1 unspecified atom stereocenters. The van der Waals surface area contributed by atoms with Crippen LogP contribution >= 0.6 is 0 Å². The van der Waals surface area contributed by atoms with Crippen LogP contribution in [0.3, 0.4) is 0 Å². The zero-order valence-electron chi connectivity index (χ0n) is 11.8.